The van der Waals surface area contributed by atoms with E-state index in [0.29, 0.717) is 23.9 Å². The Hall–Kier alpha value is -2.73. The average molecular weight is 394 g/mol. The van der Waals surface area contributed by atoms with Gasteiger partial charge in [-0.1, -0.05) is 33.8 Å². The largest absolute Gasteiger partial charge is 0.439 e. The molecule has 0 atom stereocenters. The third-order valence-corrected chi connectivity index (χ3v) is 6.04. The summed E-state index contributed by atoms with van der Waals surface area (Å²) in [6.07, 6.45) is 3.52. The predicted octanol–water partition coefficient (Wildman–Crippen LogP) is 4.71. The molecule has 2 aliphatic rings. The van der Waals surface area contributed by atoms with Crippen LogP contribution in [-0.4, -0.2) is 16.8 Å². The number of ether oxygens (including phenoxy) is 2. The summed E-state index contributed by atoms with van der Waals surface area (Å²) in [6.45, 7) is 8.45. The van der Waals surface area contributed by atoms with Crippen LogP contribution >= 0.6 is 0 Å². The number of amides is 2. The molecule has 0 bridgehead atoms. The normalized spacial score (nSPS) is 19.5. The fourth-order valence-electron chi connectivity index (χ4n) is 4.19. The number of carbonyl (C=O) groups excluding carboxylic acids is 2. The van der Waals surface area contributed by atoms with Crippen molar-refractivity contribution in [1.29, 1.82) is 0 Å². The lowest BCUT2D eigenvalue weighted by atomic mass is 9.87. The van der Waals surface area contributed by atoms with Crippen LogP contribution in [0.1, 0.15) is 58.1 Å². The molecule has 3 heterocycles. The molecule has 0 spiro atoms. The van der Waals surface area contributed by atoms with E-state index < -0.39 is 5.41 Å². The van der Waals surface area contributed by atoms with E-state index in [1.165, 1.54) is 22.2 Å². The molecule has 1 aromatic carbocycles. The summed E-state index contributed by atoms with van der Waals surface area (Å²) in [7, 11) is 0. The molecule has 152 valence electrons. The molecule has 0 aliphatic carbocycles. The fraction of sp³-hybridized carbons (Fsp3) is 0.435. The van der Waals surface area contributed by atoms with Crippen LogP contribution < -0.4 is 9.64 Å². The van der Waals surface area contributed by atoms with Crippen LogP contribution in [0.15, 0.2) is 36.5 Å². The van der Waals surface area contributed by atoms with Gasteiger partial charge in [-0.15, -0.1) is 0 Å². The van der Waals surface area contributed by atoms with E-state index in [-0.39, 0.29) is 23.8 Å². The summed E-state index contributed by atoms with van der Waals surface area (Å²) in [5.74, 6) is 0.691. The zero-order valence-electron chi connectivity index (χ0n) is 17.3. The Labute approximate surface area is 170 Å². The molecular formula is C23H26N2O4. The van der Waals surface area contributed by atoms with E-state index in [9.17, 15) is 9.59 Å². The van der Waals surface area contributed by atoms with Gasteiger partial charge in [0.2, 0.25) is 17.7 Å². The third-order valence-electron chi connectivity index (χ3n) is 6.04. The number of benzene rings is 1. The molecule has 6 heteroatoms. The molecule has 2 amide bonds. The smallest absolute Gasteiger partial charge is 0.239 e. The maximum Gasteiger partial charge on any atom is 0.239 e. The summed E-state index contributed by atoms with van der Waals surface area (Å²) >= 11 is 0. The molecule has 1 saturated heterocycles. The van der Waals surface area contributed by atoms with E-state index in [1.54, 1.807) is 26.0 Å². The standard InChI is InChI=1S/C23H26N2O4/c1-5-23(6-2)18-11-17(9-7-15(18)14-28-23)29-19-10-8-16(13-24-19)25-20(26)12-22(3,4)21(25)27/h7-11,13H,5-6,12,14H2,1-4H3. The van der Waals surface area contributed by atoms with Gasteiger partial charge in [-0.25, -0.2) is 9.88 Å². The molecule has 2 aromatic rings. The van der Waals surface area contributed by atoms with E-state index >= 15 is 0 Å². The van der Waals surface area contributed by atoms with Crippen molar-refractivity contribution >= 4 is 17.5 Å². The number of fused-ring (bicyclic) bond motifs is 1. The van der Waals surface area contributed by atoms with Crippen LogP contribution in [0.3, 0.4) is 0 Å². The lowest BCUT2D eigenvalue weighted by Gasteiger charge is -2.27. The molecule has 29 heavy (non-hydrogen) atoms. The Morgan fingerprint density at radius 2 is 1.90 bits per heavy atom. The second-order valence-corrected chi connectivity index (χ2v) is 8.36. The van der Waals surface area contributed by atoms with Crippen LogP contribution in [0, 0.1) is 5.41 Å². The molecule has 2 aliphatic heterocycles. The molecule has 6 nitrogen and oxygen atoms in total. The van der Waals surface area contributed by atoms with Crippen LogP contribution in [0.4, 0.5) is 5.69 Å². The Balaban J connectivity index is 1.55. The molecule has 0 unspecified atom stereocenters. The molecule has 4 rings (SSSR count). The van der Waals surface area contributed by atoms with Gasteiger partial charge in [0.15, 0.2) is 0 Å². The topological polar surface area (TPSA) is 68.7 Å². The van der Waals surface area contributed by atoms with Gasteiger partial charge in [0.25, 0.3) is 0 Å². The zero-order valence-corrected chi connectivity index (χ0v) is 17.3. The highest BCUT2D eigenvalue weighted by Crippen LogP contribution is 2.43. The lowest BCUT2D eigenvalue weighted by Crippen LogP contribution is -2.32. The van der Waals surface area contributed by atoms with Gasteiger partial charge in [-0.2, -0.15) is 0 Å². The Morgan fingerprint density at radius 1 is 1.14 bits per heavy atom. The maximum absolute atomic E-state index is 12.5. The van der Waals surface area contributed by atoms with Crippen molar-refractivity contribution in [2.45, 2.75) is 59.2 Å². The van der Waals surface area contributed by atoms with Crippen molar-refractivity contribution in [2.75, 3.05) is 4.90 Å². The minimum atomic E-state index is -0.677. The number of hydrogen-bond donors (Lipinski definition) is 0. The Kier molecular flexibility index (Phi) is 4.69. The summed E-state index contributed by atoms with van der Waals surface area (Å²) in [5.41, 5.74) is 1.90. The number of pyridine rings is 1. The number of rotatable bonds is 5. The van der Waals surface area contributed by atoms with E-state index in [2.05, 4.69) is 18.8 Å². The second kappa shape index (κ2) is 6.95. The fourth-order valence-corrected chi connectivity index (χ4v) is 4.19. The molecule has 1 fully saturated rings. The van der Waals surface area contributed by atoms with E-state index in [0.717, 1.165) is 12.8 Å². The number of nitrogens with zero attached hydrogens (tertiary/aromatic N) is 2. The van der Waals surface area contributed by atoms with Gasteiger partial charge in [-0.05, 0) is 42.2 Å². The van der Waals surface area contributed by atoms with Crippen molar-refractivity contribution in [3.8, 4) is 11.6 Å². The molecule has 0 radical (unpaired) electrons. The first-order chi connectivity index (χ1) is 13.8. The minimum Gasteiger partial charge on any atom is -0.439 e. The Bertz CT molecular complexity index is 961. The number of aromatic nitrogens is 1. The number of carbonyl (C=O) groups is 2. The van der Waals surface area contributed by atoms with E-state index in [1.807, 2.05) is 18.2 Å². The third kappa shape index (κ3) is 3.21. The quantitative estimate of drug-likeness (QED) is 0.687. The molecule has 0 N–H and O–H groups in total. The van der Waals surface area contributed by atoms with Gasteiger partial charge < -0.3 is 9.47 Å². The van der Waals surface area contributed by atoms with Crippen LogP contribution in [0.25, 0.3) is 0 Å². The highest BCUT2D eigenvalue weighted by Gasteiger charge is 2.45. The summed E-state index contributed by atoms with van der Waals surface area (Å²) < 4.78 is 12.0. The molecule has 0 saturated carbocycles. The van der Waals surface area contributed by atoms with Crippen LogP contribution in [0.2, 0.25) is 0 Å². The number of hydrogen-bond acceptors (Lipinski definition) is 5. The van der Waals surface area contributed by atoms with Gasteiger partial charge in [0.05, 0.1) is 29.5 Å². The number of imide groups is 1. The first-order valence-electron chi connectivity index (χ1n) is 10.1. The van der Waals surface area contributed by atoms with Crippen molar-refractivity contribution in [3.05, 3.63) is 47.7 Å². The molecule has 1 aromatic heterocycles. The first kappa shape index (κ1) is 19.6. The Morgan fingerprint density at radius 3 is 2.48 bits per heavy atom. The SMILES string of the molecule is CCC1(CC)OCc2ccc(Oc3ccc(N4C(=O)CC(C)(C)C4=O)cn3)cc21. The highest BCUT2D eigenvalue weighted by molar-refractivity contribution is 6.22. The number of anilines is 1. The second-order valence-electron chi connectivity index (χ2n) is 8.36. The van der Waals surface area contributed by atoms with Gasteiger partial charge in [0, 0.05) is 12.5 Å². The summed E-state index contributed by atoms with van der Waals surface area (Å²) in [4.78, 5) is 30.2. The average Bonchev–Trinajstić information content (AvgIpc) is 3.16. The molecular weight excluding hydrogens is 368 g/mol. The van der Waals surface area contributed by atoms with Crippen molar-refractivity contribution < 1.29 is 19.1 Å². The summed E-state index contributed by atoms with van der Waals surface area (Å²) in [6, 6.07) is 9.35. The van der Waals surface area contributed by atoms with Crippen molar-refractivity contribution in [1.82, 2.24) is 4.98 Å². The first-order valence-corrected chi connectivity index (χ1v) is 10.1. The predicted molar refractivity (Wildman–Crippen MR) is 109 cm³/mol. The van der Waals surface area contributed by atoms with Crippen molar-refractivity contribution in [2.24, 2.45) is 5.41 Å². The van der Waals surface area contributed by atoms with Gasteiger partial charge >= 0.3 is 0 Å². The van der Waals surface area contributed by atoms with Crippen LogP contribution in [0.5, 0.6) is 11.6 Å². The highest BCUT2D eigenvalue weighted by atomic mass is 16.5. The van der Waals surface area contributed by atoms with Crippen molar-refractivity contribution in [3.63, 3.8) is 0 Å². The minimum absolute atomic E-state index is 0.202. The lowest BCUT2D eigenvalue weighted by molar-refractivity contribution is -0.124. The monoisotopic (exact) mass is 394 g/mol. The maximum atomic E-state index is 12.5. The van der Waals surface area contributed by atoms with Crippen LogP contribution in [-0.2, 0) is 26.5 Å². The van der Waals surface area contributed by atoms with Gasteiger partial charge in [0.1, 0.15) is 5.75 Å². The van der Waals surface area contributed by atoms with E-state index in [4.69, 9.17) is 9.47 Å². The zero-order chi connectivity index (χ0) is 20.8. The summed E-state index contributed by atoms with van der Waals surface area (Å²) in [5, 5.41) is 0. The van der Waals surface area contributed by atoms with Gasteiger partial charge in [-0.3, -0.25) is 9.59 Å².